The molecule has 0 spiro atoms. The van der Waals surface area contributed by atoms with Crippen LogP contribution in [0.4, 0.5) is 0 Å². The van der Waals surface area contributed by atoms with E-state index < -0.39 is 0 Å². The van der Waals surface area contributed by atoms with Crippen molar-refractivity contribution >= 4 is 11.3 Å². The smallest absolute Gasteiger partial charge is 0.140 e. The van der Waals surface area contributed by atoms with Crippen molar-refractivity contribution in [3.8, 4) is 5.75 Å². The quantitative estimate of drug-likeness (QED) is 0.927. The van der Waals surface area contributed by atoms with Crippen LogP contribution in [0.2, 0.25) is 0 Å². The Morgan fingerprint density at radius 2 is 2.05 bits per heavy atom. The van der Waals surface area contributed by atoms with E-state index in [2.05, 4.69) is 18.0 Å². The lowest BCUT2D eigenvalue weighted by Gasteiger charge is -2.11. The summed E-state index contributed by atoms with van der Waals surface area (Å²) in [5, 5.41) is 1.02. The molecule has 0 fully saturated rings. The van der Waals surface area contributed by atoms with Gasteiger partial charge in [0.25, 0.3) is 0 Å². The van der Waals surface area contributed by atoms with Gasteiger partial charge in [-0.15, -0.1) is 11.3 Å². The van der Waals surface area contributed by atoms with Gasteiger partial charge in [0.05, 0.1) is 5.69 Å². The maximum Gasteiger partial charge on any atom is 0.140 e. The summed E-state index contributed by atoms with van der Waals surface area (Å²) in [6, 6.07) is 6.14. The molecule has 1 aromatic heterocycles. The summed E-state index contributed by atoms with van der Waals surface area (Å²) in [4.78, 5) is 5.73. The molecule has 0 saturated carbocycles. The molecule has 0 radical (unpaired) electrons. The Hall–Kier alpha value is -1.39. The standard InChI is InChI=1S/C15H20N2OS/c1-9-7-13(10(2)16)5-6-14(9)18-8-15-17-11(3)12(4)19-15/h5-7,10H,8,16H2,1-4H3. The number of rotatable bonds is 4. The van der Waals surface area contributed by atoms with Crippen LogP contribution in [-0.4, -0.2) is 4.98 Å². The van der Waals surface area contributed by atoms with Crippen molar-refractivity contribution in [2.24, 2.45) is 5.73 Å². The van der Waals surface area contributed by atoms with E-state index in [1.54, 1.807) is 11.3 Å². The van der Waals surface area contributed by atoms with Crippen molar-refractivity contribution in [1.82, 2.24) is 4.98 Å². The SMILES string of the molecule is Cc1cc(C(C)N)ccc1OCc1nc(C)c(C)s1. The van der Waals surface area contributed by atoms with E-state index >= 15 is 0 Å². The lowest BCUT2D eigenvalue weighted by molar-refractivity contribution is 0.303. The Morgan fingerprint density at radius 1 is 1.32 bits per heavy atom. The van der Waals surface area contributed by atoms with Gasteiger partial charge in [0, 0.05) is 10.9 Å². The number of ether oxygens (including phenoxy) is 1. The van der Waals surface area contributed by atoms with Crippen LogP contribution in [0.15, 0.2) is 18.2 Å². The molecular weight excluding hydrogens is 256 g/mol. The first-order valence-electron chi connectivity index (χ1n) is 6.39. The number of nitrogens with two attached hydrogens (primary N) is 1. The predicted octanol–water partition coefficient (Wildman–Crippen LogP) is 3.67. The zero-order valence-electron chi connectivity index (χ0n) is 11.9. The van der Waals surface area contributed by atoms with Gasteiger partial charge < -0.3 is 10.5 Å². The van der Waals surface area contributed by atoms with Crippen molar-refractivity contribution in [1.29, 1.82) is 0 Å². The average Bonchev–Trinajstić information content (AvgIpc) is 2.67. The number of nitrogens with zero attached hydrogens (tertiary/aromatic N) is 1. The Kier molecular flexibility index (Phi) is 4.22. The second kappa shape index (κ2) is 5.72. The van der Waals surface area contributed by atoms with Gasteiger partial charge in [-0.1, -0.05) is 12.1 Å². The summed E-state index contributed by atoms with van der Waals surface area (Å²) in [6.07, 6.45) is 0. The monoisotopic (exact) mass is 276 g/mol. The highest BCUT2D eigenvalue weighted by molar-refractivity contribution is 7.11. The Labute approximate surface area is 118 Å². The molecule has 2 rings (SSSR count). The van der Waals surface area contributed by atoms with E-state index in [1.165, 1.54) is 4.88 Å². The molecule has 102 valence electrons. The first kappa shape index (κ1) is 14.0. The number of hydrogen-bond donors (Lipinski definition) is 1. The van der Waals surface area contributed by atoms with Crippen molar-refractivity contribution in [3.05, 3.63) is 44.9 Å². The molecule has 2 aromatic rings. The van der Waals surface area contributed by atoms with Gasteiger partial charge in [-0.3, -0.25) is 0 Å². The van der Waals surface area contributed by atoms with Crippen LogP contribution in [0.25, 0.3) is 0 Å². The van der Waals surface area contributed by atoms with Gasteiger partial charge in [-0.2, -0.15) is 0 Å². The molecule has 4 heteroatoms. The van der Waals surface area contributed by atoms with Gasteiger partial charge in [0.2, 0.25) is 0 Å². The van der Waals surface area contributed by atoms with Crippen LogP contribution in [0, 0.1) is 20.8 Å². The fourth-order valence-corrected chi connectivity index (χ4v) is 2.71. The molecule has 0 amide bonds. The van der Waals surface area contributed by atoms with Crippen LogP contribution in [0.3, 0.4) is 0 Å². The van der Waals surface area contributed by atoms with E-state index in [0.29, 0.717) is 6.61 Å². The molecule has 1 aromatic carbocycles. The molecule has 0 aliphatic rings. The first-order valence-corrected chi connectivity index (χ1v) is 7.21. The molecule has 0 aliphatic carbocycles. The third kappa shape index (κ3) is 3.33. The van der Waals surface area contributed by atoms with E-state index in [1.807, 2.05) is 32.9 Å². The molecule has 1 atom stereocenters. The maximum absolute atomic E-state index is 5.87. The van der Waals surface area contributed by atoms with E-state index in [-0.39, 0.29) is 6.04 Å². The number of hydrogen-bond acceptors (Lipinski definition) is 4. The number of thiazole rings is 1. The molecule has 19 heavy (non-hydrogen) atoms. The summed E-state index contributed by atoms with van der Waals surface area (Å²) in [5.74, 6) is 0.898. The van der Waals surface area contributed by atoms with Crippen LogP contribution < -0.4 is 10.5 Å². The largest absolute Gasteiger partial charge is 0.486 e. The van der Waals surface area contributed by atoms with Crippen LogP contribution in [-0.2, 0) is 6.61 Å². The zero-order valence-corrected chi connectivity index (χ0v) is 12.7. The zero-order chi connectivity index (χ0) is 14.0. The van der Waals surface area contributed by atoms with Gasteiger partial charge in [0.1, 0.15) is 17.4 Å². The maximum atomic E-state index is 5.87. The van der Waals surface area contributed by atoms with E-state index in [9.17, 15) is 0 Å². The fraction of sp³-hybridized carbons (Fsp3) is 0.400. The third-order valence-electron chi connectivity index (χ3n) is 3.15. The topological polar surface area (TPSA) is 48.1 Å². The highest BCUT2D eigenvalue weighted by atomic mass is 32.1. The predicted molar refractivity (Wildman–Crippen MR) is 79.7 cm³/mol. The molecule has 3 nitrogen and oxygen atoms in total. The molecule has 0 bridgehead atoms. The van der Waals surface area contributed by atoms with Gasteiger partial charge in [0.15, 0.2) is 0 Å². The Bertz CT molecular complexity index is 556. The highest BCUT2D eigenvalue weighted by Crippen LogP contribution is 2.24. The summed E-state index contributed by atoms with van der Waals surface area (Å²) in [5.41, 5.74) is 9.20. The molecule has 1 unspecified atom stereocenters. The molecule has 0 aliphatic heterocycles. The number of benzene rings is 1. The summed E-state index contributed by atoms with van der Waals surface area (Å²) in [7, 11) is 0. The Balaban J connectivity index is 2.07. The van der Waals surface area contributed by atoms with Crippen molar-refractivity contribution < 1.29 is 4.74 Å². The highest BCUT2D eigenvalue weighted by Gasteiger charge is 2.07. The second-order valence-electron chi connectivity index (χ2n) is 4.85. The first-order chi connectivity index (χ1) is 8.97. The normalized spacial score (nSPS) is 12.5. The van der Waals surface area contributed by atoms with Crippen LogP contribution >= 0.6 is 11.3 Å². The summed E-state index contributed by atoms with van der Waals surface area (Å²) in [6.45, 7) is 8.66. The van der Waals surface area contributed by atoms with Crippen molar-refractivity contribution in [3.63, 3.8) is 0 Å². The van der Waals surface area contributed by atoms with Gasteiger partial charge >= 0.3 is 0 Å². The second-order valence-corrected chi connectivity index (χ2v) is 6.14. The minimum atomic E-state index is 0.0528. The third-order valence-corrected chi connectivity index (χ3v) is 4.20. The van der Waals surface area contributed by atoms with Crippen molar-refractivity contribution in [2.45, 2.75) is 40.3 Å². The van der Waals surface area contributed by atoms with Crippen molar-refractivity contribution in [2.75, 3.05) is 0 Å². The lowest BCUT2D eigenvalue weighted by atomic mass is 10.1. The van der Waals surface area contributed by atoms with Crippen LogP contribution in [0.5, 0.6) is 5.75 Å². The molecule has 1 heterocycles. The molecule has 0 saturated heterocycles. The number of aromatic nitrogens is 1. The van der Waals surface area contributed by atoms with Gasteiger partial charge in [-0.25, -0.2) is 4.98 Å². The summed E-state index contributed by atoms with van der Waals surface area (Å²) >= 11 is 1.69. The van der Waals surface area contributed by atoms with Crippen LogP contribution in [0.1, 0.15) is 39.7 Å². The summed E-state index contributed by atoms with van der Waals surface area (Å²) < 4.78 is 5.83. The average molecular weight is 276 g/mol. The number of aryl methyl sites for hydroxylation is 3. The van der Waals surface area contributed by atoms with E-state index in [0.717, 1.165) is 27.6 Å². The fourth-order valence-electron chi connectivity index (χ4n) is 1.86. The lowest BCUT2D eigenvalue weighted by Crippen LogP contribution is -2.05. The Morgan fingerprint density at radius 3 is 2.58 bits per heavy atom. The van der Waals surface area contributed by atoms with E-state index in [4.69, 9.17) is 10.5 Å². The van der Waals surface area contributed by atoms with Gasteiger partial charge in [-0.05, 0) is 44.9 Å². The minimum absolute atomic E-state index is 0.0528. The minimum Gasteiger partial charge on any atom is -0.486 e. The molecular formula is C15H20N2OS. The molecule has 2 N–H and O–H groups in total.